The van der Waals surface area contributed by atoms with Crippen LogP contribution in [0.25, 0.3) is 5.57 Å². The molecule has 2 aromatic carbocycles. The van der Waals surface area contributed by atoms with E-state index in [9.17, 15) is 0 Å². The van der Waals surface area contributed by atoms with Gasteiger partial charge in [0.1, 0.15) is 0 Å². The molecule has 0 aromatic heterocycles. The second-order valence-corrected chi connectivity index (χ2v) is 9.94. The van der Waals surface area contributed by atoms with Crippen LogP contribution in [0.2, 0.25) is 0 Å². The molecule has 0 radical (unpaired) electrons. The fourth-order valence-electron chi connectivity index (χ4n) is 5.65. The zero-order valence-electron chi connectivity index (χ0n) is 20.8. The van der Waals surface area contributed by atoms with E-state index in [1.165, 1.54) is 63.4 Å². The van der Waals surface area contributed by atoms with Gasteiger partial charge in [-0.25, -0.2) is 0 Å². The lowest BCUT2D eigenvalue weighted by molar-refractivity contribution is 0.320. The Balaban J connectivity index is 1.92. The molecule has 0 nitrogen and oxygen atoms in total. The number of hydrogen-bond acceptors (Lipinski definition) is 0. The van der Waals surface area contributed by atoms with Gasteiger partial charge in [0.15, 0.2) is 0 Å². The van der Waals surface area contributed by atoms with Gasteiger partial charge in [-0.15, -0.1) is 0 Å². The number of benzene rings is 2. The van der Waals surface area contributed by atoms with Crippen molar-refractivity contribution in [1.29, 1.82) is 0 Å². The third kappa shape index (κ3) is 6.12. The molecule has 0 spiro atoms. The van der Waals surface area contributed by atoms with Crippen LogP contribution in [0, 0.1) is 11.8 Å². The molecule has 1 fully saturated rings. The summed E-state index contributed by atoms with van der Waals surface area (Å²) >= 11 is 0. The third-order valence-electron chi connectivity index (χ3n) is 7.72. The third-order valence-corrected chi connectivity index (χ3v) is 7.72. The molecule has 0 heterocycles. The molecule has 168 valence electrons. The highest BCUT2D eigenvalue weighted by atomic mass is 14.3. The number of hydrogen-bond donors (Lipinski definition) is 0. The van der Waals surface area contributed by atoms with Crippen LogP contribution in [0.5, 0.6) is 0 Å². The van der Waals surface area contributed by atoms with Crippen LogP contribution in [-0.4, -0.2) is 0 Å². The zero-order valence-corrected chi connectivity index (χ0v) is 20.8. The SMILES string of the molecule is CCCc1ccc(CCCc2ccccc2)c(/C(C)=C(\C)C2CCC(C)CC2)c1CC. The van der Waals surface area contributed by atoms with E-state index in [4.69, 9.17) is 0 Å². The van der Waals surface area contributed by atoms with E-state index in [1.807, 2.05) is 0 Å². The van der Waals surface area contributed by atoms with E-state index >= 15 is 0 Å². The Kier molecular flexibility index (Phi) is 9.00. The molecule has 0 amide bonds. The normalized spacial score (nSPS) is 19.9. The van der Waals surface area contributed by atoms with Crippen molar-refractivity contribution in [3.8, 4) is 0 Å². The molecule has 0 N–H and O–H groups in total. The second-order valence-electron chi connectivity index (χ2n) is 9.94. The van der Waals surface area contributed by atoms with Crippen LogP contribution in [0.4, 0.5) is 0 Å². The van der Waals surface area contributed by atoms with E-state index < -0.39 is 0 Å². The van der Waals surface area contributed by atoms with Gasteiger partial charge >= 0.3 is 0 Å². The molecule has 1 aliphatic rings. The summed E-state index contributed by atoms with van der Waals surface area (Å²) in [6, 6.07) is 15.9. The zero-order chi connectivity index (χ0) is 22.2. The van der Waals surface area contributed by atoms with Crippen molar-refractivity contribution < 1.29 is 0 Å². The summed E-state index contributed by atoms with van der Waals surface area (Å²) in [6.45, 7) is 12.0. The first-order chi connectivity index (χ1) is 15.0. The van der Waals surface area contributed by atoms with Crippen LogP contribution in [0.1, 0.15) is 101 Å². The Morgan fingerprint density at radius 2 is 1.48 bits per heavy atom. The molecule has 0 unspecified atom stereocenters. The molecule has 3 rings (SSSR count). The maximum atomic E-state index is 2.46. The van der Waals surface area contributed by atoms with E-state index in [1.54, 1.807) is 33.4 Å². The molecule has 0 bridgehead atoms. The summed E-state index contributed by atoms with van der Waals surface area (Å²) in [5.74, 6) is 1.70. The standard InChI is InChI=1S/C31H44/c1-6-12-28-21-22-29(16-11-15-26-13-9-8-10-14-26)31(30(28)7-2)25(5)24(4)27-19-17-23(3)18-20-27/h8-10,13-14,21-23,27H,6-7,11-12,15-20H2,1-5H3/b25-24+. The summed E-state index contributed by atoms with van der Waals surface area (Å²) < 4.78 is 0. The Morgan fingerprint density at radius 1 is 0.806 bits per heavy atom. The van der Waals surface area contributed by atoms with Crippen molar-refractivity contribution in [3.63, 3.8) is 0 Å². The van der Waals surface area contributed by atoms with Gasteiger partial charge in [-0.3, -0.25) is 0 Å². The van der Waals surface area contributed by atoms with E-state index in [0.29, 0.717) is 0 Å². The summed E-state index contributed by atoms with van der Waals surface area (Å²) in [5.41, 5.74) is 11.1. The first-order valence-corrected chi connectivity index (χ1v) is 12.9. The van der Waals surface area contributed by atoms with Crippen LogP contribution in [-0.2, 0) is 25.7 Å². The highest BCUT2D eigenvalue weighted by Crippen LogP contribution is 2.38. The molecule has 2 aromatic rings. The van der Waals surface area contributed by atoms with E-state index in [-0.39, 0.29) is 0 Å². The van der Waals surface area contributed by atoms with Gasteiger partial charge in [-0.05, 0) is 104 Å². The van der Waals surface area contributed by atoms with Crippen LogP contribution >= 0.6 is 0 Å². The Hall–Kier alpha value is -1.82. The summed E-state index contributed by atoms with van der Waals surface area (Å²) in [4.78, 5) is 0. The average molecular weight is 417 g/mol. The largest absolute Gasteiger partial charge is 0.0667 e. The van der Waals surface area contributed by atoms with Crippen molar-refractivity contribution in [3.05, 3.63) is 75.9 Å². The summed E-state index contributed by atoms with van der Waals surface area (Å²) in [7, 11) is 0. The lowest BCUT2D eigenvalue weighted by Gasteiger charge is -2.29. The Labute approximate surface area is 192 Å². The molecule has 0 saturated heterocycles. The molecular formula is C31H44. The highest BCUT2D eigenvalue weighted by Gasteiger charge is 2.23. The minimum absolute atomic E-state index is 0.785. The molecule has 0 atom stereocenters. The quantitative estimate of drug-likeness (QED) is 0.382. The average Bonchev–Trinajstić information content (AvgIpc) is 2.80. The van der Waals surface area contributed by atoms with Gasteiger partial charge in [0.05, 0.1) is 0 Å². The smallest absolute Gasteiger partial charge is 0.0161 e. The van der Waals surface area contributed by atoms with Crippen molar-refractivity contribution in [2.45, 2.75) is 98.8 Å². The summed E-state index contributed by atoms with van der Waals surface area (Å²) in [6.07, 6.45) is 12.7. The van der Waals surface area contributed by atoms with E-state index in [0.717, 1.165) is 18.3 Å². The maximum absolute atomic E-state index is 2.46. The minimum Gasteiger partial charge on any atom is -0.0667 e. The molecular weight excluding hydrogens is 372 g/mol. The topological polar surface area (TPSA) is 0 Å². The van der Waals surface area contributed by atoms with Crippen molar-refractivity contribution >= 4 is 5.57 Å². The first kappa shape index (κ1) is 23.8. The predicted octanol–water partition coefficient (Wildman–Crippen LogP) is 9.00. The first-order valence-electron chi connectivity index (χ1n) is 12.9. The van der Waals surface area contributed by atoms with Crippen molar-refractivity contribution in [1.82, 2.24) is 0 Å². The molecule has 1 saturated carbocycles. The highest BCUT2D eigenvalue weighted by molar-refractivity contribution is 5.73. The molecule has 0 aliphatic heterocycles. The minimum atomic E-state index is 0.785. The fraction of sp³-hybridized carbons (Fsp3) is 0.548. The van der Waals surface area contributed by atoms with Crippen LogP contribution in [0.3, 0.4) is 0 Å². The molecule has 31 heavy (non-hydrogen) atoms. The Morgan fingerprint density at radius 3 is 2.13 bits per heavy atom. The second kappa shape index (κ2) is 11.7. The van der Waals surface area contributed by atoms with Gasteiger partial charge in [0.2, 0.25) is 0 Å². The fourth-order valence-corrected chi connectivity index (χ4v) is 5.65. The van der Waals surface area contributed by atoms with Gasteiger partial charge in [0, 0.05) is 0 Å². The van der Waals surface area contributed by atoms with Crippen LogP contribution < -0.4 is 0 Å². The molecule has 0 heteroatoms. The Bertz CT molecular complexity index is 847. The number of rotatable bonds is 9. The monoisotopic (exact) mass is 416 g/mol. The van der Waals surface area contributed by atoms with E-state index in [2.05, 4.69) is 77.1 Å². The number of allylic oxidation sites excluding steroid dienone is 2. The van der Waals surface area contributed by atoms with Gasteiger partial charge in [-0.1, -0.05) is 88.1 Å². The molecule has 1 aliphatic carbocycles. The van der Waals surface area contributed by atoms with Crippen molar-refractivity contribution in [2.24, 2.45) is 11.8 Å². The van der Waals surface area contributed by atoms with Gasteiger partial charge < -0.3 is 0 Å². The van der Waals surface area contributed by atoms with Gasteiger partial charge in [-0.2, -0.15) is 0 Å². The van der Waals surface area contributed by atoms with Crippen molar-refractivity contribution in [2.75, 3.05) is 0 Å². The lowest BCUT2D eigenvalue weighted by atomic mass is 9.76. The number of aryl methyl sites for hydroxylation is 3. The predicted molar refractivity (Wildman–Crippen MR) is 138 cm³/mol. The van der Waals surface area contributed by atoms with Crippen LogP contribution in [0.15, 0.2) is 48.0 Å². The summed E-state index contributed by atoms with van der Waals surface area (Å²) in [5, 5.41) is 0. The maximum Gasteiger partial charge on any atom is -0.0161 e. The lowest BCUT2D eigenvalue weighted by Crippen LogP contribution is -2.14. The van der Waals surface area contributed by atoms with Gasteiger partial charge in [0.25, 0.3) is 0 Å².